The number of phenols is 1. The van der Waals surface area contributed by atoms with Crippen LogP contribution in [0.4, 0.5) is 0 Å². The van der Waals surface area contributed by atoms with Crippen molar-refractivity contribution in [3.63, 3.8) is 0 Å². The normalized spacial score (nSPS) is 10.8. The lowest BCUT2D eigenvalue weighted by Crippen LogP contribution is -2.29. The fourth-order valence-corrected chi connectivity index (χ4v) is 2.00. The third-order valence-corrected chi connectivity index (χ3v) is 3.22. The summed E-state index contributed by atoms with van der Waals surface area (Å²) in [6.07, 6.45) is 2.85. The second-order valence-electron chi connectivity index (χ2n) is 4.24. The minimum atomic E-state index is -0.609. The van der Waals surface area contributed by atoms with E-state index in [-0.39, 0.29) is 11.3 Å². The zero-order valence-corrected chi connectivity index (χ0v) is 12.7. The molecule has 108 valence electrons. The van der Waals surface area contributed by atoms with E-state index in [1.54, 1.807) is 31.4 Å². The highest BCUT2D eigenvalue weighted by atomic mass is 79.9. The molecular weight excluding hydrogens is 338 g/mol. The summed E-state index contributed by atoms with van der Waals surface area (Å²) in [7, 11) is 1.56. The molecule has 21 heavy (non-hydrogen) atoms. The number of carbonyl (C=O) groups is 1. The molecule has 0 fully saturated rings. The molecule has 0 saturated carbocycles. The lowest BCUT2D eigenvalue weighted by Gasteiger charge is -2.02. The maximum absolute atomic E-state index is 11.8. The Morgan fingerprint density at radius 3 is 2.95 bits per heavy atom. The summed E-state index contributed by atoms with van der Waals surface area (Å²) in [6.45, 7) is 0. The summed E-state index contributed by atoms with van der Waals surface area (Å²) in [5.74, 6) is -0.575. The number of phenolic OH excluding ortho intramolecular Hbond substituents is 1. The first-order valence-electron chi connectivity index (χ1n) is 5.96. The van der Waals surface area contributed by atoms with Gasteiger partial charge in [-0.05, 0) is 30.3 Å². The smallest absolute Gasteiger partial charge is 0.276 e. The number of amides is 1. The van der Waals surface area contributed by atoms with Gasteiger partial charge in [0.05, 0.1) is 6.21 Å². The van der Waals surface area contributed by atoms with Crippen molar-refractivity contribution in [1.29, 1.82) is 0 Å². The van der Waals surface area contributed by atoms with Gasteiger partial charge in [-0.1, -0.05) is 15.9 Å². The van der Waals surface area contributed by atoms with E-state index in [9.17, 15) is 14.7 Å². The fraction of sp³-hybridized carbons (Fsp3) is 0.0714. The molecule has 1 heterocycles. The average Bonchev–Trinajstić information content (AvgIpc) is 2.45. The largest absolute Gasteiger partial charge is 0.507 e. The lowest BCUT2D eigenvalue weighted by atomic mass is 10.2. The molecule has 7 heteroatoms. The van der Waals surface area contributed by atoms with Gasteiger partial charge >= 0.3 is 0 Å². The van der Waals surface area contributed by atoms with Gasteiger partial charge < -0.3 is 9.67 Å². The van der Waals surface area contributed by atoms with Crippen molar-refractivity contribution >= 4 is 28.1 Å². The van der Waals surface area contributed by atoms with Gasteiger partial charge in [0.1, 0.15) is 11.3 Å². The summed E-state index contributed by atoms with van der Waals surface area (Å²) in [4.78, 5) is 23.6. The number of benzene rings is 1. The summed E-state index contributed by atoms with van der Waals surface area (Å²) in [6, 6.07) is 7.84. The number of aromatic hydroxyl groups is 1. The molecule has 0 unspecified atom stereocenters. The van der Waals surface area contributed by atoms with Crippen LogP contribution in [0.25, 0.3) is 0 Å². The first-order chi connectivity index (χ1) is 9.99. The number of aromatic nitrogens is 1. The van der Waals surface area contributed by atoms with Crippen LogP contribution in [0.5, 0.6) is 5.75 Å². The summed E-state index contributed by atoms with van der Waals surface area (Å²) in [5, 5.41) is 13.4. The fourth-order valence-electron chi connectivity index (χ4n) is 1.62. The van der Waals surface area contributed by atoms with Gasteiger partial charge in [-0.25, -0.2) is 5.43 Å². The number of nitrogens with one attached hydrogen (secondary N) is 1. The van der Waals surface area contributed by atoms with Crippen LogP contribution in [0.2, 0.25) is 0 Å². The Kier molecular flexibility index (Phi) is 4.54. The third kappa shape index (κ3) is 3.57. The monoisotopic (exact) mass is 349 g/mol. The highest BCUT2D eigenvalue weighted by molar-refractivity contribution is 9.10. The maximum atomic E-state index is 11.8. The Hall–Kier alpha value is -2.41. The Balaban J connectivity index is 2.14. The first-order valence-corrected chi connectivity index (χ1v) is 6.76. The molecule has 0 bridgehead atoms. The Morgan fingerprint density at radius 1 is 1.43 bits per heavy atom. The van der Waals surface area contributed by atoms with Gasteiger partial charge in [-0.2, -0.15) is 5.10 Å². The van der Waals surface area contributed by atoms with Crippen LogP contribution in [-0.4, -0.2) is 21.8 Å². The van der Waals surface area contributed by atoms with E-state index in [4.69, 9.17) is 0 Å². The van der Waals surface area contributed by atoms with E-state index in [1.807, 2.05) is 0 Å². The maximum Gasteiger partial charge on any atom is 0.276 e. The molecule has 1 aromatic carbocycles. The van der Waals surface area contributed by atoms with Crippen LogP contribution in [0.1, 0.15) is 15.9 Å². The van der Waals surface area contributed by atoms with E-state index in [0.29, 0.717) is 5.56 Å². The van der Waals surface area contributed by atoms with Crippen molar-refractivity contribution in [2.45, 2.75) is 0 Å². The first kappa shape index (κ1) is 15.0. The van der Waals surface area contributed by atoms with Crippen LogP contribution in [0.3, 0.4) is 0 Å². The van der Waals surface area contributed by atoms with Crippen LogP contribution < -0.4 is 11.0 Å². The topological polar surface area (TPSA) is 83.7 Å². The summed E-state index contributed by atoms with van der Waals surface area (Å²) >= 11 is 3.27. The van der Waals surface area contributed by atoms with Gasteiger partial charge in [-0.3, -0.25) is 9.59 Å². The summed E-state index contributed by atoms with van der Waals surface area (Å²) < 4.78 is 2.07. The number of hydrazone groups is 1. The third-order valence-electron chi connectivity index (χ3n) is 2.73. The quantitative estimate of drug-likeness (QED) is 0.652. The highest BCUT2D eigenvalue weighted by Crippen LogP contribution is 2.19. The van der Waals surface area contributed by atoms with Gasteiger partial charge in [0.25, 0.3) is 11.5 Å². The van der Waals surface area contributed by atoms with Crippen molar-refractivity contribution in [2.24, 2.45) is 12.1 Å². The van der Waals surface area contributed by atoms with Crippen molar-refractivity contribution in [2.75, 3.05) is 0 Å². The predicted octanol–water partition coefficient (Wildman–Crippen LogP) is 1.62. The number of hydrogen-bond acceptors (Lipinski definition) is 4. The van der Waals surface area contributed by atoms with E-state index in [0.717, 1.165) is 4.47 Å². The molecule has 0 atom stereocenters. The molecule has 1 aromatic heterocycles. The minimum absolute atomic E-state index is 0.00406. The van der Waals surface area contributed by atoms with Crippen molar-refractivity contribution in [3.05, 3.63) is 62.5 Å². The summed E-state index contributed by atoms with van der Waals surface area (Å²) in [5.41, 5.74) is 2.28. The molecule has 0 spiro atoms. The Labute approximate surface area is 128 Å². The zero-order chi connectivity index (χ0) is 15.4. The number of halogens is 1. The lowest BCUT2D eigenvalue weighted by molar-refractivity contribution is 0.0953. The minimum Gasteiger partial charge on any atom is -0.507 e. The number of pyridine rings is 1. The Bertz CT molecular complexity index is 768. The second-order valence-corrected chi connectivity index (χ2v) is 5.16. The number of carbonyl (C=O) groups excluding carboxylic acids is 1. The molecule has 0 aliphatic heterocycles. The molecule has 6 nitrogen and oxygen atoms in total. The standard InChI is InChI=1S/C14H12BrN3O3/c1-18-6-2-3-11(14(18)21)13(20)17-16-8-9-7-10(15)4-5-12(9)19/h2-8,19H,1H3,(H,17,20)/b16-8-. The molecule has 0 aliphatic carbocycles. The van der Waals surface area contributed by atoms with Crippen molar-refractivity contribution in [1.82, 2.24) is 9.99 Å². The number of rotatable bonds is 3. The zero-order valence-electron chi connectivity index (χ0n) is 11.1. The van der Waals surface area contributed by atoms with Crippen LogP contribution in [0.15, 0.2) is 50.9 Å². The molecule has 2 aromatic rings. The molecule has 0 radical (unpaired) electrons. The highest BCUT2D eigenvalue weighted by Gasteiger charge is 2.09. The van der Waals surface area contributed by atoms with Gasteiger partial charge in [0.2, 0.25) is 0 Å². The van der Waals surface area contributed by atoms with Crippen LogP contribution in [-0.2, 0) is 7.05 Å². The van der Waals surface area contributed by atoms with Crippen LogP contribution >= 0.6 is 15.9 Å². The molecule has 1 amide bonds. The van der Waals surface area contributed by atoms with E-state index in [1.165, 1.54) is 22.9 Å². The molecule has 0 saturated heterocycles. The van der Waals surface area contributed by atoms with Crippen molar-refractivity contribution in [3.8, 4) is 5.75 Å². The van der Waals surface area contributed by atoms with Gasteiger partial charge in [0, 0.05) is 23.3 Å². The molecule has 2 rings (SSSR count). The predicted molar refractivity (Wildman–Crippen MR) is 82.6 cm³/mol. The van der Waals surface area contributed by atoms with Crippen LogP contribution in [0, 0.1) is 0 Å². The average molecular weight is 350 g/mol. The molecular formula is C14H12BrN3O3. The molecule has 0 aliphatic rings. The number of aryl methyl sites for hydroxylation is 1. The number of nitrogens with zero attached hydrogens (tertiary/aromatic N) is 2. The van der Waals surface area contributed by atoms with Gasteiger partial charge in [-0.15, -0.1) is 0 Å². The van der Waals surface area contributed by atoms with Gasteiger partial charge in [0.15, 0.2) is 0 Å². The van der Waals surface area contributed by atoms with E-state index < -0.39 is 11.5 Å². The van der Waals surface area contributed by atoms with Crippen molar-refractivity contribution < 1.29 is 9.90 Å². The SMILES string of the molecule is Cn1cccc(C(=O)N/N=C\c2cc(Br)ccc2O)c1=O. The number of hydrogen-bond donors (Lipinski definition) is 2. The Morgan fingerprint density at radius 2 is 2.19 bits per heavy atom. The van der Waals surface area contributed by atoms with E-state index >= 15 is 0 Å². The molecule has 2 N–H and O–H groups in total. The second kappa shape index (κ2) is 6.36. The van der Waals surface area contributed by atoms with E-state index in [2.05, 4.69) is 26.5 Å².